The molecule has 0 aromatic heterocycles. The van der Waals surface area contributed by atoms with E-state index in [1.54, 1.807) is 0 Å². The van der Waals surface area contributed by atoms with E-state index in [0.29, 0.717) is 5.69 Å². The summed E-state index contributed by atoms with van der Waals surface area (Å²) in [6, 6.07) is 5.68. The molecule has 1 aliphatic heterocycles. The zero-order valence-corrected chi connectivity index (χ0v) is 12.2. The van der Waals surface area contributed by atoms with Gasteiger partial charge >= 0.3 is 0 Å². The number of carbonyl (C=O) groups is 1. The Morgan fingerprint density at radius 2 is 2.11 bits per heavy atom. The Morgan fingerprint density at radius 3 is 2.79 bits per heavy atom. The second-order valence-electron chi connectivity index (χ2n) is 4.53. The zero-order valence-electron chi connectivity index (χ0n) is 10.6. The van der Waals surface area contributed by atoms with E-state index >= 15 is 0 Å². The molecule has 2 rings (SSSR count). The Kier molecular flexibility index (Phi) is 5.34. The zero-order chi connectivity index (χ0) is 13.2. The minimum absolute atomic E-state index is 0. The highest BCUT2D eigenvalue weighted by Crippen LogP contribution is 2.18. The molecule has 5 nitrogen and oxygen atoms in total. The fraction of sp³-hybridized carbons (Fsp3) is 0.417. The minimum atomic E-state index is -3.29. The summed E-state index contributed by atoms with van der Waals surface area (Å²) in [4.78, 5) is 11.5. The van der Waals surface area contributed by atoms with Crippen molar-refractivity contribution in [1.82, 2.24) is 5.32 Å². The third-order valence-corrected chi connectivity index (χ3v) is 3.56. The van der Waals surface area contributed by atoms with Gasteiger partial charge in [0.25, 0.3) is 0 Å². The largest absolute Gasteiger partial charge is 0.325 e. The fourth-order valence-electron chi connectivity index (χ4n) is 1.99. The fourth-order valence-corrected chi connectivity index (χ4v) is 2.54. The van der Waals surface area contributed by atoms with Gasteiger partial charge in [-0.3, -0.25) is 4.79 Å². The first-order valence-corrected chi connectivity index (χ1v) is 7.80. The molecule has 19 heavy (non-hydrogen) atoms. The van der Waals surface area contributed by atoms with Gasteiger partial charge in [-0.15, -0.1) is 12.4 Å². The van der Waals surface area contributed by atoms with Crippen LogP contribution < -0.4 is 10.6 Å². The van der Waals surface area contributed by atoms with E-state index in [9.17, 15) is 13.2 Å². The molecule has 1 heterocycles. The van der Waals surface area contributed by atoms with Crippen LogP contribution in [-0.2, 0) is 27.6 Å². The van der Waals surface area contributed by atoms with Crippen LogP contribution in [0.3, 0.4) is 0 Å². The predicted molar refractivity (Wildman–Crippen MR) is 77.4 cm³/mol. The van der Waals surface area contributed by atoms with Crippen LogP contribution in [0.1, 0.15) is 11.1 Å². The lowest BCUT2D eigenvalue weighted by atomic mass is 10.0. The monoisotopic (exact) mass is 304 g/mol. The van der Waals surface area contributed by atoms with Crippen LogP contribution in [0.4, 0.5) is 5.69 Å². The van der Waals surface area contributed by atoms with Gasteiger partial charge in [-0.1, -0.05) is 6.07 Å². The number of sulfone groups is 1. The van der Waals surface area contributed by atoms with Crippen molar-refractivity contribution in [3.63, 3.8) is 0 Å². The molecule has 1 aromatic carbocycles. The van der Waals surface area contributed by atoms with Gasteiger partial charge in [-0.2, -0.15) is 0 Å². The number of hydrogen-bond donors (Lipinski definition) is 2. The van der Waals surface area contributed by atoms with Crippen molar-refractivity contribution in [2.45, 2.75) is 13.0 Å². The standard InChI is InChI=1S/C12H16N2O3S.ClH/c1-18(16,17)8-12(15)14-11-3-2-9-4-5-13-7-10(9)6-11;/h2-3,6,13H,4-5,7-8H2,1H3,(H,14,15);1H. The molecule has 1 amide bonds. The molecule has 2 N–H and O–H groups in total. The second kappa shape index (κ2) is 6.36. The van der Waals surface area contributed by atoms with Gasteiger partial charge in [0.2, 0.25) is 5.91 Å². The van der Waals surface area contributed by atoms with E-state index in [1.165, 1.54) is 5.56 Å². The summed E-state index contributed by atoms with van der Waals surface area (Å²) in [7, 11) is -3.29. The first kappa shape index (κ1) is 15.9. The third kappa shape index (κ3) is 4.81. The van der Waals surface area contributed by atoms with Gasteiger partial charge in [0, 0.05) is 18.5 Å². The summed E-state index contributed by atoms with van der Waals surface area (Å²) in [6.45, 7) is 1.75. The molecule has 1 aromatic rings. The Balaban J connectivity index is 0.00000180. The highest BCUT2D eigenvalue weighted by molar-refractivity contribution is 7.91. The number of hydrogen-bond acceptors (Lipinski definition) is 4. The third-order valence-electron chi connectivity index (χ3n) is 2.77. The Hall–Kier alpha value is -1.11. The molecule has 0 saturated heterocycles. The number of anilines is 1. The van der Waals surface area contributed by atoms with Crippen molar-refractivity contribution in [2.24, 2.45) is 0 Å². The van der Waals surface area contributed by atoms with Crippen molar-refractivity contribution in [3.8, 4) is 0 Å². The molecule has 106 valence electrons. The average Bonchev–Trinajstić information content (AvgIpc) is 2.26. The van der Waals surface area contributed by atoms with E-state index in [-0.39, 0.29) is 12.4 Å². The first-order valence-electron chi connectivity index (χ1n) is 5.74. The number of fused-ring (bicyclic) bond motifs is 1. The maximum absolute atomic E-state index is 11.5. The van der Waals surface area contributed by atoms with Gasteiger partial charge in [-0.25, -0.2) is 8.42 Å². The summed E-state index contributed by atoms with van der Waals surface area (Å²) < 4.78 is 22.0. The highest BCUT2D eigenvalue weighted by Gasteiger charge is 2.13. The van der Waals surface area contributed by atoms with Crippen LogP contribution >= 0.6 is 12.4 Å². The molecule has 0 saturated carbocycles. The van der Waals surface area contributed by atoms with Crippen LogP contribution in [0.5, 0.6) is 0 Å². The minimum Gasteiger partial charge on any atom is -0.325 e. The van der Waals surface area contributed by atoms with Gasteiger partial charge in [0.15, 0.2) is 9.84 Å². The van der Waals surface area contributed by atoms with Crippen molar-refractivity contribution in [2.75, 3.05) is 23.9 Å². The number of rotatable bonds is 3. The van der Waals surface area contributed by atoms with Crippen LogP contribution in [0.15, 0.2) is 18.2 Å². The van der Waals surface area contributed by atoms with Crippen molar-refractivity contribution >= 4 is 33.8 Å². The summed E-state index contributed by atoms with van der Waals surface area (Å²) in [5, 5.41) is 5.85. The lowest BCUT2D eigenvalue weighted by molar-refractivity contribution is -0.113. The van der Waals surface area contributed by atoms with Gasteiger partial charge in [0.05, 0.1) is 0 Å². The van der Waals surface area contributed by atoms with E-state index in [1.807, 2.05) is 18.2 Å². The van der Waals surface area contributed by atoms with E-state index in [2.05, 4.69) is 10.6 Å². The quantitative estimate of drug-likeness (QED) is 0.863. The molecular weight excluding hydrogens is 288 g/mol. The Bertz CT molecular complexity index is 572. The molecule has 0 spiro atoms. The number of carbonyl (C=O) groups excluding carboxylic acids is 1. The predicted octanol–water partition coefficient (Wildman–Crippen LogP) is 0.737. The average molecular weight is 305 g/mol. The summed E-state index contributed by atoms with van der Waals surface area (Å²) in [5.41, 5.74) is 3.07. The maximum atomic E-state index is 11.5. The van der Waals surface area contributed by atoms with Crippen molar-refractivity contribution in [1.29, 1.82) is 0 Å². The van der Waals surface area contributed by atoms with E-state index < -0.39 is 21.5 Å². The van der Waals surface area contributed by atoms with Crippen LogP contribution in [0.2, 0.25) is 0 Å². The molecule has 0 fully saturated rings. The van der Waals surface area contributed by atoms with Crippen LogP contribution in [-0.4, -0.2) is 32.9 Å². The topological polar surface area (TPSA) is 75.3 Å². The molecule has 1 aliphatic rings. The molecule has 7 heteroatoms. The van der Waals surface area contributed by atoms with Crippen LogP contribution in [0.25, 0.3) is 0 Å². The van der Waals surface area contributed by atoms with Gasteiger partial charge in [0.1, 0.15) is 5.75 Å². The summed E-state index contributed by atoms with van der Waals surface area (Å²) in [5.74, 6) is -0.983. The van der Waals surface area contributed by atoms with E-state index in [0.717, 1.165) is 31.3 Å². The van der Waals surface area contributed by atoms with Gasteiger partial charge < -0.3 is 10.6 Å². The molecule has 0 radical (unpaired) electrons. The molecule has 0 atom stereocenters. The molecule has 0 unspecified atom stereocenters. The summed E-state index contributed by atoms with van der Waals surface area (Å²) in [6.07, 6.45) is 2.02. The van der Waals surface area contributed by atoms with Crippen molar-refractivity contribution < 1.29 is 13.2 Å². The molecule has 0 aliphatic carbocycles. The lowest BCUT2D eigenvalue weighted by Gasteiger charge is -2.18. The number of halogens is 1. The first-order chi connectivity index (χ1) is 8.44. The second-order valence-corrected chi connectivity index (χ2v) is 6.67. The molecular formula is C12H17ClN2O3S. The lowest BCUT2D eigenvalue weighted by Crippen LogP contribution is -2.25. The molecule has 0 bridgehead atoms. The highest BCUT2D eigenvalue weighted by atomic mass is 35.5. The van der Waals surface area contributed by atoms with Crippen LogP contribution in [0, 0.1) is 0 Å². The number of amides is 1. The Labute approximate surface area is 119 Å². The number of benzene rings is 1. The smallest absolute Gasteiger partial charge is 0.239 e. The van der Waals surface area contributed by atoms with Gasteiger partial charge in [-0.05, 0) is 36.2 Å². The SMILES string of the molecule is CS(=O)(=O)CC(=O)Nc1ccc2c(c1)CNCC2.Cl. The van der Waals surface area contributed by atoms with E-state index in [4.69, 9.17) is 0 Å². The van der Waals surface area contributed by atoms with Crippen molar-refractivity contribution in [3.05, 3.63) is 29.3 Å². The summed E-state index contributed by atoms with van der Waals surface area (Å²) >= 11 is 0. The Morgan fingerprint density at radius 1 is 1.37 bits per heavy atom. The normalized spacial score (nSPS) is 14.2. The number of nitrogens with one attached hydrogen (secondary N) is 2. The maximum Gasteiger partial charge on any atom is 0.239 e.